The van der Waals surface area contributed by atoms with Gasteiger partial charge in [0.25, 0.3) is 0 Å². The minimum Gasteiger partial charge on any atom is -0.354 e. The van der Waals surface area contributed by atoms with Crippen LogP contribution in [0.1, 0.15) is 36.8 Å². The predicted octanol–water partition coefficient (Wildman–Crippen LogP) is 3.07. The summed E-state index contributed by atoms with van der Waals surface area (Å²) in [4.78, 5) is 18.2. The molecule has 0 aliphatic heterocycles. The van der Waals surface area contributed by atoms with Crippen molar-refractivity contribution in [2.45, 2.75) is 55.9 Å². The predicted molar refractivity (Wildman–Crippen MR) is 130 cm³/mol. The summed E-state index contributed by atoms with van der Waals surface area (Å²) in [5.74, 6) is 0.819. The molecule has 0 heterocycles. The number of hydrogen-bond acceptors (Lipinski definition) is 3. The maximum atomic E-state index is 12.0. The standard InChI is InChI=1S/C21H32N4OS.HI/c1-25(2)20(26)14-22-21(24-18-10-11-19(13-18)27-3)23-17-9-8-15-6-4-5-7-16(15)12-17;/h4-7,17-19H,8-14H2,1-3H3,(H2,22,23,24);1H. The van der Waals surface area contributed by atoms with Gasteiger partial charge >= 0.3 is 0 Å². The van der Waals surface area contributed by atoms with E-state index < -0.39 is 0 Å². The average molecular weight is 516 g/mol. The molecule has 2 N–H and O–H groups in total. The topological polar surface area (TPSA) is 56.7 Å². The van der Waals surface area contributed by atoms with E-state index in [9.17, 15) is 4.79 Å². The van der Waals surface area contributed by atoms with E-state index in [1.165, 1.54) is 24.0 Å². The van der Waals surface area contributed by atoms with E-state index in [-0.39, 0.29) is 36.4 Å². The number of nitrogens with zero attached hydrogens (tertiary/aromatic N) is 2. The number of aliphatic imine (C=N–C) groups is 1. The quantitative estimate of drug-likeness (QED) is 0.359. The Morgan fingerprint density at radius 1 is 1.14 bits per heavy atom. The number of hydrogen-bond donors (Lipinski definition) is 2. The van der Waals surface area contributed by atoms with Crippen LogP contribution in [0.4, 0.5) is 0 Å². The molecule has 2 aliphatic carbocycles. The molecular formula is C21H33IN4OS. The minimum atomic E-state index is 0. The monoisotopic (exact) mass is 516 g/mol. The van der Waals surface area contributed by atoms with Gasteiger partial charge in [-0.3, -0.25) is 4.79 Å². The highest BCUT2D eigenvalue weighted by molar-refractivity contribution is 14.0. The highest BCUT2D eigenvalue weighted by Crippen LogP contribution is 2.28. The van der Waals surface area contributed by atoms with Crippen molar-refractivity contribution in [2.75, 3.05) is 26.9 Å². The number of likely N-dealkylation sites (N-methyl/N-ethyl adjacent to an activating group) is 1. The lowest BCUT2D eigenvalue weighted by Gasteiger charge is -2.28. The fourth-order valence-electron chi connectivity index (χ4n) is 3.91. The van der Waals surface area contributed by atoms with E-state index in [4.69, 9.17) is 0 Å². The van der Waals surface area contributed by atoms with Crippen molar-refractivity contribution in [3.63, 3.8) is 0 Å². The molecule has 2 aliphatic rings. The van der Waals surface area contributed by atoms with Gasteiger partial charge in [-0.15, -0.1) is 24.0 Å². The van der Waals surface area contributed by atoms with Gasteiger partial charge in [0, 0.05) is 31.4 Å². The molecule has 1 aromatic rings. The minimum absolute atomic E-state index is 0. The molecule has 0 saturated heterocycles. The highest BCUT2D eigenvalue weighted by Gasteiger charge is 2.26. The Hall–Kier alpha value is -0.960. The zero-order valence-electron chi connectivity index (χ0n) is 17.1. The highest BCUT2D eigenvalue weighted by atomic mass is 127. The van der Waals surface area contributed by atoms with Crippen LogP contribution in [0.3, 0.4) is 0 Å². The zero-order chi connectivity index (χ0) is 19.2. The zero-order valence-corrected chi connectivity index (χ0v) is 20.3. The molecule has 5 nitrogen and oxygen atoms in total. The Kier molecular flexibility index (Phi) is 9.40. The Balaban J connectivity index is 0.00000280. The van der Waals surface area contributed by atoms with Crippen LogP contribution in [0.2, 0.25) is 0 Å². The molecule has 1 saturated carbocycles. The number of fused-ring (bicyclic) bond motifs is 1. The molecule has 0 radical (unpaired) electrons. The SMILES string of the molecule is CSC1CCC(NC(=NCC(=O)N(C)C)NC2CCc3ccccc3C2)C1.I. The third-order valence-electron chi connectivity index (χ3n) is 5.62. The fraction of sp³-hybridized carbons (Fsp3) is 0.619. The van der Waals surface area contributed by atoms with E-state index >= 15 is 0 Å². The summed E-state index contributed by atoms with van der Waals surface area (Å²) in [5, 5.41) is 7.94. The summed E-state index contributed by atoms with van der Waals surface area (Å²) in [6.45, 7) is 0.185. The molecule has 0 aromatic heterocycles. The summed E-state index contributed by atoms with van der Waals surface area (Å²) in [6, 6.07) is 9.50. The van der Waals surface area contributed by atoms with Crippen LogP contribution in [0.15, 0.2) is 29.3 Å². The first kappa shape index (κ1) is 23.3. The number of guanidine groups is 1. The smallest absolute Gasteiger partial charge is 0.243 e. The molecular weight excluding hydrogens is 483 g/mol. The third kappa shape index (κ3) is 6.54. The van der Waals surface area contributed by atoms with Gasteiger partial charge in [0.2, 0.25) is 5.91 Å². The largest absolute Gasteiger partial charge is 0.354 e. The van der Waals surface area contributed by atoms with Crippen molar-refractivity contribution < 1.29 is 4.79 Å². The van der Waals surface area contributed by atoms with E-state index in [1.54, 1.807) is 19.0 Å². The summed E-state index contributed by atoms with van der Waals surface area (Å²) in [7, 11) is 3.55. The summed E-state index contributed by atoms with van der Waals surface area (Å²) < 4.78 is 0. The number of rotatable bonds is 5. The molecule has 0 bridgehead atoms. The van der Waals surface area contributed by atoms with Crippen molar-refractivity contribution in [1.29, 1.82) is 0 Å². The summed E-state index contributed by atoms with van der Waals surface area (Å²) in [5.41, 5.74) is 2.89. The van der Waals surface area contributed by atoms with Gasteiger partial charge in [-0.05, 0) is 55.9 Å². The summed E-state index contributed by atoms with van der Waals surface area (Å²) >= 11 is 1.95. The van der Waals surface area contributed by atoms with Crippen LogP contribution in [0.25, 0.3) is 0 Å². The van der Waals surface area contributed by atoms with Crippen LogP contribution in [0, 0.1) is 0 Å². The van der Waals surface area contributed by atoms with Gasteiger partial charge < -0.3 is 15.5 Å². The lowest BCUT2D eigenvalue weighted by Crippen LogP contribution is -2.49. The number of thioether (sulfide) groups is 1. The van der Waals surface area contributed by atoms with Gasteiger partial charge in [0.05, 0.1) is 0 Å². The lowest BCUT2D eigenvalue weighted by molar-refractivity contribution is -0.127. The van der Waals surface area contributed by atoms with E-state index in [0.717, 1.165) is 36.9 Å². The first-order valence-corrected chi connectivity index (χ1v) is 11.2. The third-order valence-corrected chi connectivity index (χ3v) is 6.71. The van der Waals surface area contributed by atoms with Crippen molar-refractivity contribution in [3.05, 3.63) is 35.4 Å². The van der Waals surface area contributed by atoms with Crippen molar-refractivity contribution in [1.82, 2.24) is 15.5 Å². The van der Waals surface area contributed by atoms with E-state index in [1.807, 2.05) is 11.8 Å². The number of amides is 1. The molecule has 1 aromatic carbocycles. The van der Waals surface area contributed by atoms with Gasteiger partial charge in [-0.2, -0.15) is 11.8 Å². The summed E-state index contributed by atoms with van der Waals surface area (Å²) in [6.07, 6.45) is 8.97. The number of nitrogens with one attached hydrogen (secondary N) is 2. The molecule has 156 valence electrons. The van der Waals surface area contributed by atoms with Crippen molar-refractivity contribution in [2.24, 2.45) is 4.99 Å². The second-order valence-corrected chi connectivity index (χ2v) is 8.96. The van der Waals surface area contributed by atoms with Gasteiger partial charge in [0.15, 0.2) is 5.96 Å². The molecule has 3 unspecified atom stereocenters. The number of benzene rings is 1. The molecule has 3 rings (SSSR count). The average Bonchev–Trinajstić information content (AvgIpc) is 3.13. The van der Waals surface area contributed by atoms with Gasteiger partial charge in [-0.1, -0.05) is 24.3 Å². The van der Waals surface area contributed by atoms with Crippen molar-refractivity contribution >= 4 is 47.6 Å². The van der Waals surface area contributed by atoms with Crippen LogP contribution in [0.5, 0.6) is 0 Å². The molecule has 7 heteroatoms. The molecule has 1 fully saturated rings. The Bertz CT molecular complexity index is 682. The first-order chi connectivity index (χ1) is 13.0. The maximum absolute atomic E-state index is 12.0. The van der Waals surface area contributed by atoms with Crippen LogP contribution < -0.4 is 10.6 Å². The maximum Gasteiger partial charge on any atom is 0.243 e. The molecule has 28 heavy (non-hydrogen) atoms. The second kappa shape index (κ2) is 11.3. The fourth-order valence-corrected chi connectivity index (χ4v) is 4.71. The Labute approximate surface area is 190 Å². The van der Waals surface area contributed by atoms with Crippen LogP contribution >= 0.6 is 35.7 Å². The number of carbonyl (C=O) groups is 1. The molecule has 1 amide bonds. The lowest BCUT2D eigenvalue weighted by atomic mass is 9.88. The van der Waals surface area contributed by atoms with Crippen LogP contribution in [-0.2, 0) is 17.6 Å². The van der Waals surface area contributed by atoms with Gasteiger partial charge in [0.1, 0.15) is 6.54 Å². The number of aryl methyl sites for hydroxylation is 1. The number of halogens is 1. The first-order valence-electron chi connectivity index (χ1n) is 9.92. The molecule has 0 spiro atoms. The second-order valence-electron chi connectivity index (χ2n) is 7.82. The van der Waals surface area contributed by atoms with E-state index in [2.05, 4.69) is 46.1 Å². The van der Waals surface area contributed by atoms with E-state index in [0.29, 0.717) is 12.1 Å². The Morgan fingerprint density at radius 2 is 1.86 bits per heavy atom. The molecule has 3 atom stereocenters. The Morgan fingerprint density at radius 3 is 2.54 bits per heavy atom. The van der Waals surface area contributed by atoms with Gasteiger partial charge in [-0.25, -0.2) is 4.99 Å². The van der Waals surface area contributed by atoms with Crippen LogP contribution in [-0.4, -0.2) is 61.0 Å². The normalized spacial score (nSPS) is 24.1. The van der Waals surface area contributed by atoms with Crippen molar-refractivity contribution in [3.8, 4) is 0 Å². The number of carbonyl (C=O) groups excluding carboxylic acids is 1.